The summed E-state index contributed by atoms with van der Waals surface area (Å²) in [7, 11) is 0. The molecule has 4 atom stereocenters. The zero-order chi connectivity index (χ0) is 22.7. The second-order valence-corrected chi connectivity index (χ2v) is 9.61. The molecule has 2 aromatic rings. The van der Waals surface area contributed by atoms with Crippen LogP contribution in [-0.4, -0.2) is 6.61 Å². The third-order valence-electron chi connectivity index (χ3n) is 7.59. The molecule has 174 valence electrons. The van der Waals surface area contributed by atoms with Crippen LogP contribution >= 0.6 is 0 Å². The van der Waals surface area contributed by atoms with Gasteiger partial charge in [-0.05, 0) is 91.2 Å². The Morgan fingerprint density at radius 2 is 1.56 bits per heavy atom. The number of unbranched alkanes of at least 4 members (excludes halogenated alkanes) is 1. The first-order valence-electron chi connectivity index (χ1n) is 12.0. The highest BCUT2D eigenvalue weighted by Gasteiger charge is 2.36. The summed E-state index contributed by atoms with van der Waals surface area (Å²) in [5.74, 6) is 1.25. The number of alkyl halides is 2. The average Bonchev–Trinajstić information content (AvgIpc) is 2.77. The number of ether oxygens (including phenoxy) is 1. The van der Waals surface area contributed by atoms with Gasteiger partial charge in [-0.1, -0.05) is 44.7 Å². The van der Waals surface area contributed by atoms with E-state index >= 15 is 0 Å². The fourth-order valence-electron chi connectivity index (χ4n) is 5.95. The first-order valence-corrected chi connectivity index (χ1v) is 12.0. The molecule has 0 amide bonds. The second-order valence-electron chi connectivity index (χ2n) is 9.61. The van der Waals surface area contributed by atoms with Crippen molar-refractivity contribution in [1.82, 2.24) is 0 Å². The van der Waals surface area contributed by atoms with Crippen LogP contribution in [0, 0.1) is 29.4 Å². The van der Waals surface area contributed by atoms with Gasteiger partial charge in [-0.25, -0.2) is 8.78 Å². The zero-order valence-corrected chi connectivity index (χ0v) is 18.6. The van der Waals surface area contributed by atoms with Gasteiger partial charge in [0.05, 0.1) is 5.56 Å². The van der Waals surface area contributed by atoms with Crippen molar-refractivity contribution in [2.24, 2.45) is 17.8 Å². The van der Waals surface area contributed by atoms with E-state index in [2.05, 4.69) is 11.7 Å². The molecule has 0 radical (unpaired) electrons. The topological polar surface area (TPSA) is 9.23 Å². The minimum Gasteiger partial charge on any atom is -0.435 e. The molecule has 2 aliphatic carbocycles. The van der Waals surface area contributed by atoms with Crippen molar-refractivity contribution in [3.8, 4) is 16.9 Å². The van der Waals surface area contributed by atoms with Crippen molar-refractivity contribution in [3.05, 3.63) is 53.6 Å². The maximum Gasteiger partial charge on any atom is 0.387 e. The van der Waals surface area contributed by atoms with Crippen LogP contribution in [0.4, 0.5) is 17.6 Å². The molecule has 5 heteroatoms. The van der Waals surface area contributed by atoms with Crippen LogP contribution in [0.15, 0.2) is 36.4 Å². The molecule has 0 N–H and O–H groups in total. The van der Waals surface area contributed by atoms with Gasteiger partial charge in [-0.15, -0.1) is 0 Å². The molecule has 1 nitrogen and oxygen atoms in total. The van der Waals surface area contributed by atoms with Crippen LogP contribution in [0.2, 0.25) is 0 Å². The van der Waals surface area contributed by atoms with Gasteiger partial charge in [-0.2, -0.15) is 8.78 Å². The summed E-state index contributed by atoms with van der Waals surface area (Å²) in [6.45, 7) is -0.688. The van der Waals surface area contributed by atoms with Crippen molar-refractivity contribution in [1.29, 1.82) is 0 Å². The smallest absolute Gasteiger partial charge is 0.387 e. The lowest BCUT2D eigenvalue weighted by atomic mass is 9.63. The fourth-order valence-corrected chi connectivity index (χ4v) is 5.95. The quantitative estimate of drug-likeness (QED) is 0.385. The van der Waals surface area contributed by atoms with Gasteiger partial charge in [-0.3, -0.25) is 0 Å². The summed E-state index contributed by atoms with van der Waals surface area (Å²) in [6.07, 6.45) is 10.9. The minimum absolute atomic E-state index is 0.0395. The largest absolute Gasteiger partial charge is 0.435 e. The van der Waals surface area contributed by atoms with Crippen molar-refractivity contribution in [3.63, 3.8) is 0 Å². The predicted molar refractivity (Wildman–Crippen MR) is 119 cm³/mol. The molecular weight excluding hydrogens is 416 g/mol. The molecule has 0 saturated heterocycles. The molecule has 1 unspecified atom stereocenters. The normalized spacial score (nSPS) is 25.6. The predicted octanol–water partition coefficient (Wildman–Crippen LogP) is 8.72. The van der Waals surface area contributed by atoms with Crippen LogP contribution in [0.1, 0.15) is 76.2 Å². The number of hydrogen-bond donors (Lipinski definition) is 0. The summed E-state index contributed by atoms with van der Waals surface area (Å²) in [5.41, 5.74) is 0.928. The fraction of sp³-hybridized carbons (Fsp3) is 0.556. The van der Waals surface area contributed by atoms with E-state index in [4.69, 9.17) is 0 Å². The number of benzene rings is 2. The van der Waals surface area contributed by atoms with Gasteiger partial charge in [0.2, 0.25) is 0 Å². The highest BCUT2D eigenvalue weighted by molar-refractivity contribution is 5.66. The Labute approximate surface area is 188 Å². The summed E-state index contributed by atoms with van der Waals surface area (Å²) in [5, 5.41) is 0. The molecule has 32 heavy (non-hydrogen) atoms. The molecule has 4 rings (SSSR count). The maximum absolute atomic E-state index is 15.0. The van der Waals surface area contributed by atoms with Gasteiger partial charge >= 0.3 is 6.61 Å². The lowest BCUT2D eigenvalue weighted by Gasteiger charge is -2.42. The van der Waals surface area contributed by atoms with E-state index in [-0.39, 0.29) is 17.2 Å². The van der Waals surface area contributed by atoms with E-state index in [1.54, 1.807) is 0 Å². The number of fused-ring (bicyclic) bond motifs is 1. The summed E-state index contributed by atoms with van der Waals surface area (Å²) in [6, 6.07) is 8.35. The third-order valence-corrected chi connectivity index (χ3v) is 7.59. The Morgan fingerprint density at radius 1 is 0.906 bits per heavy atom. The second kappa shape index (κ2) is 10.3. The van der Waals surface area contributed by atoms with Crippen LogP contribution < -0.4 is 4.74 Å². The minimum atomic E-state index is -2.94. The Kier molecular flexibility index (Phi) is 7.42. The SMILES string of the molecule is CCCCC1CC[C@@H]2C[C@H](c3cc(F)c(-c4ccc(OC(F)F)cc4)c(F)c3)CC[C@@H]2C1. The van der Waals surface area contributed by atoms with Gasteiger partial charge in [0, 0.05) is 0 Å². The Balaban J connectivity index is 1.45. The van der Waals surface area contributed by atoms with E-state index in [9.17, 15) is 17.6 Å². The van der Waals surface area contributed by atoms with Crippen LogP contribution in [0.3, 0.4) is 0 Å². The van der Waals surface area contributed by atoms with Crippen molar-refractivity contribution in [2.75, 3.05) is 0 Å². The number of hydrogen-bond acceptors (Lipinski definition) is 1. The van der Waals surface area contributed by atoms with E-state index in [0.717, 1.165) is 36.7 Å². The average molecular weight is 449 g/mol. The van der Waals surface area contributed by atoms with Crippen molar-refractivity contribution >= 4 is 0 Å². The van der Waals surface area contributed by atoms with E-state index in [1.807, 2.05) is 0 Å². The van der Waals surface area contributed by atoms with Crippen LogP contribution in [-0.2, 0) is 0 Å². The van der Waals surface area contributed by atoms with Crippen molar-refractivity contribution < 1.29 is 22.3 Å². The summed E-state index contributed by atoms with van der Waals surface area (Å²) in [4.78, 5) is 0. The lowest BCUT2D eigenvalue weighted by molar-refractivity contribution is -0.0498. The van der Waals surface area contributed by atoms with Gasteiger partial charge in [0.25, 0.3) is 0 Å². The standard InChI is InChI=1S/C27H32F4O/c1-2-3-4-17-5-6-20-14-21(8-7-19(20)13-17)22-15-24(28)26(25(29)16-22)18-9-11-23(12-10-18)32-27(30)31/h9-12,15-17,19-21,27H,2-8,13-14H2,1H3/t17?,19-,20-,21-/m1/s1. The molecule has 0 heterocycles. The zero-order valence-electron chi connectivity index (χ0n) is 18.6. The Hall–Kier alpha value is -2.04. The van der Waals surface area contributed by atoms with Gasteiger partial charge in [0.1, 0.15) is 17.4 Å². The molecule has 2 fully saturated rings. The first-order chi connectivity index (χ1) is 15.4. The van der Waals surface area contributed by atoms with E-state index < -0.39 is 18.2 Å². The molecular formula is C27H32F4O. The maximum atomic E-state index is 15.0. The molecule has 0 aliphatic heterocycles. The van der Waals surface area contributed by atoms with Gasteiger partial charge in [0.15, 0.2) is 0 Å². The monoisotopic (exact) mass is 448 g/mol. The lowest BCUT2D eigenvalue weighted by Crippen LogP contribution is -2.30. The van der Waals surface area contributed by atoms with Gasteiger partial charge < -0.3 is 4.74 Å². The Bertz CT molecular complexity index is 872. The number of rotatable bonds is 7. The molecule has 0 bridgehead atoms. The van der Waals surface area contributed by atoms with E-state index in [1.165, 1.54) is 74.9 Å². The van der Waals surface area contributed by atoms with E-state index in [0.29, 0.717) is 11.5 Å². The highest BCUT2D eigenvalue weighted by atomic mass is 19.3. The Morgan fingerprint density at radius 3 is 2.22 bits per heavy atom. The van der Waals surface area contributed by atoms with Crippen molar-refractivity contribution in [2.45, 2.75) is 77.2 Å². The highest BCUT2D eigenvalue weighted by Crippen LogP contribution is 2.48. The van der Waals surface area contributed by atoms with Crippen LogP contribution in [0.25, 0.3) is 11.1 Å². The first kappa shape index (κ1) is 23.1. The molecule has 0 spiro atoms. The summed E-state index contributed by atoms with van der Waals surface area (Å²) >= 11 is 0. The summed E-state index contributed by atoms with van der Waals surface area (Å²) < 4.78 is 58.9. The number of halogens is 4. The molecule has 2 saturated carbocycles. The molecule has 2 aliphatic rings. The molecule has 0 aromatic heterocycles. The molecule has 2 aromatic carbocycles. The third kappa shape index (κ3) is 5.29. The van der Waals surface area contributed by atoms with Crippen LogP contribution in [0.5, 0.6) is 5.75 Å².